The molecule has 0 spiro atoms. The maximum atomic E-state index is 13.2. The molecule has 93 heavy (non-hydrogen) atoms. The Balaban J connectivity index is -0.000000369. The van der Waals surface area contributed by atoms with E-state index in [9.17, 15) is 58.8 Å². The fourth-order valence-electron chi connectivity index (χ4n) is 13.7. The fraction of sp³-hybridized carbons (Fsp3) is 0.900. The monoisotopic (exact) mass is 1350 g/mol. The van der Waals surface area contributed by atoms with Crippen LogP contribution in [-0.4, -0.2) is 47.0 Å². The number of rotatable bonds is 60. The number of unbranched alkanes of at least 4 members (excludes halogenated alkanes) is 16. The van der Waals surface area contributed by atoms with Gasteiger partial charge in [-0.15, -0.1) is 0 Å². The third-order valence-electron chi connectivity index (χ3n) is 20.0. The minimum absolute atomic E-state index is 0. The maximum absolute atomic E-state index is 13.2. The molecule has 0 aromatic rings. The molecule has 0 aliphatic rings. The van der Waals surface area contributed by atoms with Gasteiger partial charge in [0.05, 0.1) is 47.5 Å². The minimum atomic E-state index is -1.17. The van der Waals surface area contributed by atoms with Crippen LogP contribution in [0, 0.1) is 45.3 Å². The summed E-state index contributed by atoms with van der Waals surface area (Å²) < 4.78 is 0. The van der Waals surface area contributed by atoms with Crippen molar-refractivity contribution in [3.63, 3.8) is 0 Å². The Hall–Kier alpha value is -2.73. The van der Waals surface area contributed by atoms with Crippen molar-refractivity contribution in [3.8, 4) is 0 Å². The van der Waals surface area contributed by atoms with E-state index in [1.54, 1.807) is 0 Å². The molecule has 4 unspecified atom stereocenters. The normalized spacial score (nSPS) is 12.9. The summed E-state index contributed by atoms with van der Waals surface area (Å²) in [6.07, 6.45) is 42.8. The van der Waals surface area contributed by atoms with Crippen LogP contribution in [0.5, 0.6) is 0 Å². The largest absolute Gasteiger partial charge is 4.00 e. The molecule has 0 heterocycles. The van der Waals surface area contributed by atoms with Gasteiger partial charge in [-0.3, -0.25) is 19.2 Å². The summed E-state index contributed by atoms with van der Waals surface area (Å²) in [6.45, 7) is 33.6. The van der Waals surface area contributed by atoms with Crippen molar-refractivity contribution in [2.45, 2.75) is 419 Å². The number of carboxylic acid groups (broad SMARTS) is 4. The van der Waals surface area contributed by atoms with Crippen molar-refractivity contribution in [1.29, 1.82) is 0 Å². The molecule has 0 fully saturated rings. The van der Waals surface area contributed by atoms with Crippen molar-refractivity contribution in [3.05, 3.63) is 0 Å². The third kappa shape index (κ3) is 40.7. The van der Waals surface area contributed by atoms with Gasteiger partial charge in [-0.05, 0) is 103 Å². The molecule has 0 aliphatic heterocycles. The predicted octanol–water partition coefficient (Wildman–Crippen LogP) is 18.7. The van der Waals surface area contributed by atoms with Gasteiger partial charge < -0.3 is 39.6 Å². The van der Waals surface area contributed by atoms with E-state index in [-0.39, 0.29) is 44.9 Å². The van der Waals surface area contributed by atoms with Crippen LogP contribution < -0.4 is 20.4 Å². The Labute approximate surface area is 588 Å². The van der Waals surface area contributed by atoms with Gasteiger partial charge >= 0.3 is 21.7 Å². The number of hydrogen-bond acceptors (Lipinski definition) is 12. The van der Waals surface area contributed by atoms with Gasteiger partial charge in [0, 0.05) is 21.7 Å². The first-order valence-electron chi connectivity index (χ1n) is 38.9. The van der Waals surface area contributed by atoms with Crippen LogP contribution in [0.4, 0.5) is 0 Å². The number of hydrogen-bond donors (Lipinski definition) is 0. The van der Waals surface area contributed by atoms with Crippen molar-refractivity contribution >= 4 is 47.0 Å². The quantitative estimate of drug-likeness (QED) is 0.0409. The molecular weight excluding hydrogens is 1200 g/mol. The molecule has 0 bridgehead atoms. The van der Waals surface area contributed by atoms with Crippen LogP contribution in [0.2, 0.25) is 0 Å². The second-order valence-electron chi connectivity index (χ2n) is 27.9. The molecule has 12 nitrogen and oxygen atoms in total. The Kier molecular flexibility index (Phi) is 66.8. The topological polar surface area (TPSA) is 229 Å². The molecule has 0 rings (SSSR count). The summed E-state index contributed by atoms with van der Waals surface area (Å²) >= 11 is 0. The van der Waals surface area contributed by atoms with E-state index in [1.165, 1.54) is 0 Å². The molecule has 0 aromatic heterocycles. The second kappa shape index (κ2) is 62.8. The van der Waals surface area contributed by atoms with Crippen LogP contribution in [-0.2, 0) is 60.1 Å². The molecule has 0 saturated heterocycles. The summed E-state index contributed by atoms with van der Waals surface area (Å²) in [5, 5.41) is 46.3. The van der Waals surface area contributed by atoms with Crippen molar-refractivity contribution in [2.24, 2.45) is 45.3 Å². The van der Waals surface area contributed by atoms with E-state index in [2.05, 4.69) is 83.1 Å². The summed E-state index contributed by atoms with van der Waals surface area (Å²) in [7, 11) is 0. The summed E-state index contributed by atoms with van der Waals surface area (Å²) in [6, 6.07) is 0. The average molecular weight is 1350 g/mol. The van der Waals surface area contributed by atoms with E-state index in [4.69, 9.17) is 0 Å². The second-order valence-corrected chi connectivity index (χ2v) is 27.9. The van der Waals surface area contributed by atoms with E-state index in [0.29, 0.717) is 25.7 Å². The van der Waals surface area contributed by atoms with E-state index in [0.717, 1.165) is 283 Å². The molecule has 0 radical (unpaired) electrons. The van der Waals surface area contributed by atoms with Gasteiger partial charge in [0.2, 0.25) is 0 Å². The standard InChI is InChI=1S/4C20H38O3.Ti/c4*1-5-9-13-17(19(22)23)18(21)20(14-10-6-2,15-11-7-3)16-12-8-4;/h4*17H,5-16H2,1-4H3,(H,22,23);/q;;;;+4/p-4. The number of ketones is 4. The van der Waals surface area contributed by atoms with Gasteiger partial charge in [0.25, 0.3) is 0 Å². The molecule has 544 valence electrons. The van der Waals surface area contributed by atoms with Crippen molar-refractivity contribution < 1.29 is 80.5 Å². The fourth-order valence-corrected chi connectivity index (χ4v) is 13.7. The molecule has 13 heteroatoms. The molecule has 0 saturated carbocycles. The van der Waals surface area contributed by atoms with Gasteiger partial charge in [0.15, 0.2) is 0 Å². The Bertz CT molecular complexity index is 1530. The van der Waals surface area contributed by atoms with Gasteiger partial charge in [0.1, 0.15) is 23.1 Å². The first-order valence-corrected chi connectivity index (χ1v) is 38.9. The van der Waals surface area contributed by atoms with Crippen LogP contribution in [0.1, 0.15) is 419 Å². The van der Waals surface area contributed by atoms with Crippen LogP contribution in [0.25, 0.3) is 0 Å². The number of Topliss-reactive ketones (excluding diaryl/α,β-unsaturated/α-hetero) is 4. The van der Waals surface area contributed by atoms with Gasteiger partial charge in [-0.2, -0.15) is 0 Å². The smallest absolute Gasteiger partial charge is 0.549 e. The van der Waals surface area contributed by atoms with Crippen LogP contribution >= 0.6 is 0 Å². The summed E-state index contributed by atoms with van der Waals surface area (Å²) in [5.74, 6) is -8.50. The first-order chi connectivity index (χ1) is 43.9. The first kappa shape index (κ1) is 98.9. The molecular formula is C80H148O12Ti. The third-order valence-corrected chi connectivity index (χ3v) is 20.0. The van der Waals surface area contributed by atoms with Crippen molar-refractivity contribution in [1.82, 2.24) is 0 Å². The average Bonchev–Trinajstić information content (AvgIpc) is 1.03. The van der Waals surface area contributed by atoms with Crippen molar-refractivity contribution in [2.75, 3.05) is 0 Å². The van der Waals surface area contributed by atoms with E-state index in [1.807, 2.05) is 27.7 Å². The zero-order valence-electron chi connectivity index (χ0n) is 63.6. The Morgan fingerprint density at radius 3 is 0.376 bits per heavy atom. The predicted molar refractivity (Wildman–Crippen MR) is 376 cm³/mol. The molecule has 0 N–H and O–H groups in total. The minimum Gasteiger partial charge on any atom is -0.549 e. The van der Waals surface area contributed by atoms with Gasteiger partial charge in [-0.25, -0.2) is 0 Å². The zero-order valence-corrected chi connectivity index (χ0v) is 65.2. The molecule has 0 amide bonds. The number of carbonyl (C=O) groups is 8. The maximum Gasteiger partial charge on any atom is 4.00 e. The van der Waals surface area contributed by atoms with E-state index < -0.39 is 69.2 Å². The van der Waals surface area contributed by atoms with Crippen LogP contribution in [0.3, 0.4) is 0 Å². The summed E-state index contributed by atoms with van der Waals surface area (Å²) in [5.41, 5.74) is -1.78. The Morgan fingerprint density at radius 1 is 0.204 bits per heavy atom. The number of aliphatic carboxylic acids is 4. The number of carboxylic acids is 4. The number of carbonyl (C=O) groups excluding carboxylic acids is 8. The summed E-state index contributed by atoms with van der Waals surface area (Å²) in [4.78, 5) is 99.2. The molecule has 0 aromatic carbocycles. The van der Waals surface area contributed by atoms with Gasteiger partial charge in [-0.1, -0.05) is 316 Å². The zero-order chi connectivity index (χ0) is 70.9. The van der Waals surface area contributed by atoms with Crippen LogP contribution in [0.15, 0.2) is 0 Å². The molecule has 4 atom stereocenters. The Morgan fingerprint density at radius 2 is 0.301 bits per heavy atom. The van der Waals surface area contributed by atoms with E-state index >= 15 is 0 Å². The molecule has 0 aliphatic carbocycles. The SMILES string of the molecule is CCCCC(C(=O)[O-])C(=O)C(CCCC)(CCCC)CCCC.CCCCC(C(=O)[O-])C(=O)C(CCCC)(CCCC)CCCC.CCCCC(C(=O)[O-])C(=O)C(CCCC)(CCCC)CCCC.CCCCC(C(=O)[O-])C(=O)C(CCCC)(CCCC)CCCC.[Ti+4].